The van der Waals surface area contributed by atoms with Crippen LogP contribution < -0.4 is 10.2 Å². The van der Waals surface area contributed by atoms with Gasteiger partial charge in [-0.25, -0.2) is 15.3 Å². The summed E-state index contributed by atoms with van der Waals surface area (Å²) < 4.78 is 5.31. The van der Waals surface area contributed by atoms with E-state index in [1.54, 1.807) is 0 Å². The molecule has 0 amide bonds. The Bertz CT molecular complexity index is 604. The number of rotatable bonds is 5. The fourth-order valence-electron chi connectivity index (χ4n) is 2.46. The number of fused-ring (bicyclic) bond motifs is 2. The highest BCUT2D eigenvalue weighted by Gasteiger charge is 2.34. The van der Waals surface area contributed by atoms with Crippen molar-refractivity contribution in [3.8, 4) is 0 Å². The summed E-state index contributed by atoms with van der Waals surface area (Å²) in [5.74, 6) is 0.421. The van der Waals surface area contributed by atoms with Crippen molar-refractivity contribution in [2.24, 2.45) is 9.98 Å². The van der Waals surface area contributed by atoms with E-state index in [4.69, 9.17) is 9.84 Å². The molecule has 1 aromatic carbocycles. The van der Waals surface area contributed by atoms with Gasteiger partial charge in [0.05, 0.1) is 31.2 Å². The molecule has 8 nitrogen and oxygen atoms in total. The summed E-state index contributed by atoms with van der Waals surface area (Å²) >= 11 is 0. The lowest BCUT2D eigenvalue weighted by molar-refractivity contribution is 0.0766. The van der Waals surface area contributed by atoms with Crippen molar-refractivity contribution < 1.29 is 20.1 Å². The molecule has 3 rings (SSSR count). The maximum atomic E-state index is 10.1. The molecular weight excluding hydrogens is 288 g/mol. The Labute approximate surface area is 127 Å². The van der Waals surface area contributed by atoms with Crippen LogP contribution in [0.15, 0.2) is 34.3 Å². The van der Waals surface area contributed by atoms with Crippen LogP contribution in [-0.2, 0) is 4.74 Å². The van der Waals surface area contributed by atoms with Gasteiger partial charge in [0.1, 0.15) is 5.71 Å². The number of ether oxygens (including phenoxy) is 1. The second-order valence-electron chi connectivity index (χ2n) is 4.87. The number of para-hydroxylation sites is 2. The maximum absolute atomic E-state index is 10.1. The molecule has 0 spiro atoms. The minimum atomic E-state index is -1.19. The van der Waals surface area contributed by atoms with Crippen molar-refractivity contribution in [3.63, 3.8) is 0 Å². The first-order chi connectivity index (χ1) is 10.7. The lowest BCUT2D eigenvalue weighted by Gasteiger charge is -2.36. The van der Waals surface area contributed by atoms with Gasteiger partial charge in [-0.1, -0.05) is 12.1 Å². The molecule has 0 aromatic heterocycles. The molecule has 2 atom stereocenters. The lowest BCUT2D eigenvalue weighted by atomic mass is 10.1. The highest BCUT2D eigenvalue weighted by atomic mass is 16.5. The number of amidine groups is 1. The molecule has 4 N–H and O–H groups in total. The van der Waals surface area contributed by atoms with Crippen LogP contribution in [0.4, 0.5) is 11.4 Å². The van der Waals surface area contributed by atoms with Crippen molar-refractivity contribution in [1.82, 2.24) is 5.32 Å². The van der Waals surface area contributed by atoms with Crippen LogP contribution in [0.1, 0.15) is 0 Å². The zero-order valence-electron chi connectivity index (χ0n) is 11.9. The van der Waals surface area contributed by atoms with Crippen LogP contribution in [0.2, 0.25) is 0 Å². The van der Waals surface area contributed by atoms with Crippen LogP contribution in [0, 0.1) is 0 Å². The summed E-state index contributed by atoms with van der Waals surface area (Å²) in [6, 6.07) is 7.49. The molecule has 0 aliphatic carbocycles. The SMILES string of the molecule is OCCOCCN1C2=NC(O)NC(O)C2=Nc2ccccc21. The van der Waals surface area contributed by atoms with Crippen molar-refractivity contribution in [3.05, 3.63) is 24.3 Å². The number of benzene rings is 1. The van der Waals surface area contributed by atoms with Crippen LogP contribution >= 0.6 is 0 Å². The lowest BCUT2D eigenvalue weighted by Crippen LogP contribution is -2.56. The summed E-state index contributed by atoms with van der Waals surface area (Å²) in [5.41, 5.74) is 1.92. The summed E-state index contributed by atoms with van der Waals surface area (Å²) in [5, 5.41) is 31.0. The van der Waals surface area contributed by atoms with E-state index in [0.29, 0.717) is 24.7 Å². The minimum Gasteiger partial charge on any atom is -0.394 e. The zero-order valence-corrected chi connectivity index (χ0v) is 11.9. The Morgan fingerprint density at radius 2 is 2.05 bits per heavy atom. The predicted octanol–water partition coefficient (Wildman–Crippen LogP) is -0.816. The van der Waals surface area contributed by atoms with E-state index in [0.717, 1.165) is 11.4 Å². The number of aliphatic hydroxyl groups is 3. The smallest absolute Gasteiger partial charge is 0.206 e. The molecule has 8 heteroatoms. The van der Waals surface area contributed by atoms with E-state index in [1.807, 2.05) is 29.2 Å². The Morgan fingerprint density at radius 3 is 2.86 bits per heavy atom. The third kappa shape index (κ3) is 2.87. The molecule has 0 fully saturated rings. The van der Waals surface area contributed by atoms with Gasteiger partial charge in [0.25, 0.3) is 0 Å². The molecule has 0 bridgehead atoms. The van der Waals surface area contributed by atoms with Gasteiger partial charge in [0.2, 0.25) is 6.35 Å². The zero-order chi connectivity index (χ0) is 15.5. The van der Waals surface area contributed by atoms with Crippen LogP contribution in [-0.4, -0.2) is 65.8 Å². The number of hydrogen-bond acceptors (Lipinski definition) is 8. The average molecular weight is 306 g/mol. The van der Waals surface area contributed by atoms with Gasteiger partial charge in [-0.05, 0) is 12.1 Å². The van der Waals surface area contributed by atoms with Gasteiger partial charge >= 0.3 is 0 Å². The number of anilines is 1. The van der Waals surface area contributed by atoms with Crippen molar-refractivity contribution in [2.45, 2.75) is 12.6 Å². The second kappa shape index (κ2) is 6.51. The van der Waals surface area contributed by atoms with Crippen LogP contribution in [0.5, 0.6) is 0 Å². The maximum Gasteiger partial charge on any atom is 0.206 e. The summed E-state index contributed by atoms with van der Waals surface area (Å²) in [6.45, 7) is 1.07. The van der Waals surface area contributed by atoms with E-state index >= 15 is 0 Å². The molecule has 0 saturated heterocycles. The molecule has 0 saturated carbocycles. The first-order valence-electron chi connectivity index (χ1n) is 7.05. The number of aliphatic imine (C=N–C) groups is 2. The van der Waals surface area contributed by atoms with E-state index in [9.17, 15) is 10.2 Å². The van der Waals surface area contributed by atoms with Gasteiger partial charge in [-0.2, -0.15) is 0 Å². The molecular formula is C14H18N4O4. The van der Waals surface area contributed by atoms with Crippen molar-refractivity contribution >= 4 is 22.9 Å². The van der Waals surface area contributed by atoms with E-state index in [1.165, 1.54) is 0 Å². The van der Waals surface area contributed by atoms with Crippen LogP contribution in [0.25, 0.3) is 0 Å². The first-order valence-corrected chi connectivity index (χ1v) is 7.05. The number of aliphatic hydroxyl groups excluding tert-OH is 3. The number of nitrogens with one attached hydrogen (secondary N) is 1. The topological polar surface area (TPSA) is 110 Å². The van der Waals surface area contributed by atoms with Gasteiger partial charge in [0.15, 0.2) is 12.1 Å². The van der Waals surface area contributed by atoms with Gasteiger partial charge in [0, 0.05) is 6.54 Å². The molecule has 22 heavy (non-hydrogen) atoms. The Balaban J connectivity index is 1.92. The van der Waals surface area contributed by atoms with Gasteiger partial charge in [-0.15, -0.1) is 0 Å². The minimum absolute atomic E-state index is 0.0361. The Morgan fingerprint density at radius 1 is 1.23 bits per heavy atom. The largest absolute Gasteiger partial charge is 0.394 e. The van der Waals surface area contributed by atoms with E-state index in [2.05, 4.69) is 15.3 Å². The fourth-order valence-corrected chi connectivity index (χ4v) is 2.46. The summed E-state index contributed by atoms with van der Waals surface area (Å²) in [4.78, 5) is 10.4. The first kappa shape index (κ1) is 15.1. The van der Waals surface area contributed by atoms with E-state index < -0.39 is 12.6 Å². The average Bonchev–Trinajstić information content (AvgIpc) is 2.51. The molecule has 2 aliphatic rings. The normalized spacial score (nSPS) is 23.5. The van der Waals surface area contributed by atoms with E-state index in [-0.39, 0.29) is 13.2 Å². The standard InChI is InChI=1S/C14H18N4O4/c19-6-8-22-7-5-18-10-4-2-1-3-9(10)15-11-12(18)16-14(21)17-13(11)20/h1-4,13-14,17,19-21H,5-8H2. The quantitative estimate of drug-likeness (QED) is 0.529. The Hall–Kier alpha value is -1.84. The molecule has 0 radical (unpaired) electrons. The fraction of sp³-hybridized carbons (Fsp3) is 0.429. The van der Waals surface area contributed by atoms with Gasteiger partial charge < -0.3 is 25.0 Å². The second-order valence-corrected chi connectivity index (χ2v) is 4.87. The highest BCUT2D eigenvalue weighted by molar-refractivity contribution is 6.49. The van der Waals surface area contributed by atoms with Gasteiger partial charge in [-0.3, -0.25) is 0 Å². The third-order valence-electron chi connectivity index (χ3n) is 3.40. The molecule has 1 aromatic rings. The molecule has 2 unspecified atom stereocenters. The van der Waals surface area contributed by atoms with Crippen molar-refractivity contribution in [1.29, 1.82) is 0 Å². The van der Waals surface area contributed by atoms with Crippen molar-refractivity contribution in [2.75, 3.05) is 31.3 Å². The molecule has 118 valence electrons. The summed E-state index contributed by atoms with van der Waals surface area (Å²) in [7, 11) is 0. The third-order valence-corrected chi connectivity index (χ3v) is 3.40. The summed E-state index contributed by atoms with van der Waals surface area (Å²) in [6.07, 6.45) is -2.27. The number of hydrogen-bond donors (Lipinski definition) is 4. The Kier molecular flexibility index (Phi) is 4.46. The monoisotopic (exact) mass is 306 g/mol. The highest BCUT2D eigenvalue weighted by Crippen LogP contribution is 2.33. The number of nitrogens with zero attached hydrogens (tertiary/aromatic N) is 3. The predicted molar refractivity (Wildman–Crippen MR) is 81.4 cm³/mol. The van der Waals surface area contributed by atoms with Crippen LogP contribution in [0.3, 0.4) is 0 Å². The molecule has 2 heterocycles. The molecule has 2 aliphatic heterocycles.